The van der Waals surface area contributed by atoms with E-state index >= 15 is 0 Å². The van der Waals surface area contributed by atoms with E-state index in [-0.39, 0.29) is 18.5 Å². The molecule has 0 aromatic heterocycles. The zero-order chi connectivity index (χ0) is 50.7. The number of ether oxygens (including phenoxy) is 1. The monoisotopic (exact) mass is 984 g/mol. The number of rotatable bonds is 58. The molecule has 0 saturated heterocycles. The molecule has 0 heterocycles. The summed E-state index contributed by atoms with van der Waals surface area (Å²) < 4.78 is 5.49. The van der Waals surface area contributed by atoms with Gasteiger partial charge in [0.1, 0.15) is 0 Å². The van der Waals surface area contributed by atoms with Crippen molar-refractivity contribution < 1.29 is 24.5 Å². The van der Waals surface area contributed by atoms with Crippen LogP contribution in [0.3, 0.4) is 0 Å². The maximum Gasteiger partial charge on any atom is 0.305 e. The van der Waals surface area contributed by atoms with Crippen LogP contribution in [0, 0.1) is 0 Å². The Morgan fingerprint density at radius 3 is 1.01 bits per heavy atom. The smallest absolute Gasteiger partial charge is 0.305 e. The summed E-state index contributed by atoms with van der Waals surface area (Å²) in [5.74, 6) is -0.0665. The van der Waals surface area contributed by atoms with Gasteiger partial charge in [0.2, 0.25) is 5.91 Å². The molecule has 0 spiro atoms. The highest BCUT2D eigenvalue weighted by molar-refractivity contribution is 5.76. The maximum absolute atomic E-state index is 12.4. The first-order valence-electron chi connectivity index (χ1n) is 31.3. The number of unbranched alkanes of at least 4 members (excludes halogenated alkanes) is 43. The Balaban J connectivity index is 3.41. The van der Waals surface area contributed by atoms with Crippen molar-refractivity contribution in [1.82, 2.24) is 5.32 Å². The third kappa shape index (κ3) is 55.4. The first kappa shape index (κ1) is 68.1. The second kappa shape index (κ2) is 59.6. The Morgan fingerprint density at radius 1 is 0.386 bits per heavy atom. The highest BCUT2D eigenvalue weighted by atomic mass is 16.5. The SMILES string of the molecule is CCCCCCCC/C=C\CCCCCCCCCC(=O)OCCCCCCCCCCCCCC/C=C\CCCCCCCCCC(=O)NC(CO)C(O)/C=C/CCCCCCCCCCCCC. The zero-order valence-electron chi connectivity index (χ0n) is 47.0. The Morgan fingerprint density at radius 2 is 0.671 bits per heavy atom. The van der Waals surface area contributed by atoms with Crippen molar-refractivity contribution in [1.29, 1.82) is 0 Å². The van der Waals surface area contributed by atoms with Gasteiger partial charge in [-0.05, 0) is 83.5 Å². The summed E-state index contributed by atoms with van der Waals surface area (Å²) in [6, 6.07) is -0.632. The molecule has 70 heavy (non-hydrogen) atoms. The van der Waals surface area contributed by atoms with Gasteiger partial charge in [-0.1, -0.05) is 275 Å². The fraction of sp³-hybridized carbons (Fsp3) is 0.875. The fourth-order valence-corrected chi connectivity index (χ4v) is 9.57. The van der Waals surface area contributed by atoms with E-state index in [1.807, 2.05) is 6.08 Å². The molecule has 2 atom stereocenters. The molecule has 0 saturated carbocycles. The van der Waals surface area contributed by atoms with E-state index < -0.39 is 12.1 Å². The van der Waals surface area contributed by atoms with E-state index in [4.69, 9.17) is 4.74 Å². The number of aliphatic hydroxyl groups excluding tert-OH is 2. The lowest BCUT2D eigenvalue weighted by atomic mass is 10.0. The predicted molar refractivity (Wildman–Crippen MR) is 306 cm³/mol. The normalized spacial score (nSPS) is 12.8. The van der Waals surface area contributed by atoms with Gasteiger partial charge >= 0.3 is 5.97 Å². The van der Waals surface area contributed by atoms with Crippen LogP contribution in [0.15, 0.2) is 36.5 Å². The summed E-state index contributed by atoms with van der Waals surface area (Å²) >= 11 is 0. The molecule has 0 radical (unpaired) electrons. The average molecular weight is 985 g/mol. The first-order valence-corrected chi connectivity index (χ1v) is 31.3. The van der Waals surface area contributed by atoms with Gasteiger partial charge < -0.3 is 20.3 Å². The summed E-state index contributed by atoms with van der Waals surface area (Å²) in [6.45, 7) is 4.90. The third-order valence-electron chi connectivity index (χ3n) is 14.4. The Labute approximate surface area is 436 Å². The molecule has 0 rings (SSSR count). The van der Waals surface area contributed by atoms with Gasteiger partial charge in [-0.25, -0.2) is 0 Å². The molecule has 0 aromatic carbocycles. The van der Waals surface area contributed by atoms with Gasteiger partial charge in [0.15, 0.2) is 0 Å². The van der Waals surface area contributed by atoms with Gasteiger partial charge in [0.25, 0.3) is 0 Å². The molecular weight excluding hydrogens is 863 g/mol. The maximum atomic E-state index is 12.4. The van der Waals surface area contributed by atoms with Crippen LogP contribution < -0.4 is 5.32 Å². The fourth-order valence-electron chi connectivity index (χ4n) is 9.57. The quantitative estimate of drug-likeness (QED) is 0.0321. The highest BCUT2D eigenvalue weighted by Gasteiger charge is 2.18. The van der Waals surface area contributed by atoms with E-state index in [0.717, 1.165) is 51.4 Å². The number of nitrogens with one attached hydrogen (secondary N) is 1. The Hall–Kier alpha value is -1.92. The number of carbonyl (C=O) groups is 2. The minimum atomic E-state index is -0.848. The van der Waals surface area contributed by atoms with Crippen LogP contribution in [0.1, 0.15) is 335 Å². The molecule has 0 fully saturated rings. The van der Waals surface area contributed by atoms with Crippen LogP contribution >= 0.6 is 0 Å². The summed E-state index contributed by atoms with van der Waals surface area (Å²) in [6.07, 6.45) is 74.7. The number of esters is 1. The second-order valence-electron chi connectivity index (χ2n) is 21.4. The van der Waals surface area contributed by atoms with Crippen molar-refractivity contribution >= 4 is 11.9 Å². The predicted octanol–water partition coefficient (Wildman–Crippen LogP) is 19.6. The van der Waals surface area contributed by atoms with Crippen LogP contribution in [0.25, 0.3) is 0 Å². The van der Waals surface area contributed by atoms with Gasteiger partial charge in [0, 0.05) is 12.8 Å². The number of hydrogen-bond acceptors (Lipinski definition) is 5. The van der Waals surface area contributed by atoms with E-state index in [0.29, 0.717) is 19.4 Å². The van der Waals surface area contributed by atoms with E-state index in [9.17, 15) is 19.8 Å². The summed E-state index contributed by atoms with van der Waals surface area (Å²) in [5.41, 5.74) is 0. The van der Waals surface area contributed by atoms with Crippen LogP contribution in [0.2, 0.25) is 0 Å². The van der Waals surface area contributed by atoms with Crippen LogP contribution in [0.4, 0.5) is 0 Å². The topological polar surface area (TPSA) is 95.9 Å². The summed E-state index contributed by atoms with van der Waals surface area (Å²) in [4.78, 5) is 24.5. The standard InChI is InChI=1S/C64H121NO5/c1-3-5-7-9-11-13-15-17-18-26-30-34-38-42-46-50-54-58-64(69)70-59-55-51-47-43-39-35-31-28-25-23-21-19-20-22-24-27-29-33-37-41-45-49-53-57-63(68)65-61(60-66)62(67)56-52-48-44-40-36-32-16-14-12-10-8-6-4-2/h17-18,22,24,52,56,61-62,66-67H,3-16,19-21,23,25-51,53-55,57-60H2,1-2H3,(H,65,68)/b18-17-,24-22-,56-52+. The number of allylic oxidation sites excluding steroid dienone is 5. The summed E-state index contributed by atoms with van der Waals surface area (Å²) in [7, 11) is 0. The lowest BCUT2D eigenvalue weighted by Crippen LogP contribution is -2.45. The van der Waals surface area contributed by atoms with Crippen LogP contribution in [-0.4, -0.2) is 47.4 Å². The van der Waals surface area contributed by atoms with Gasteiger partial charge in [-0.3, -0.25) is 9.59 Å². The molecular formula is C64H121NO5. The van der Waals surface area contributed by atoms with Crippen molar-refractivity contribution in [3.8, 4) is 0 Å². The van der Waals surface area contributed by atoms with Crippen LogP contribution in [0.5, 0.6) is 0 Å². The number of carbonyl (C=O) groups excluding carboxylic acids is 2. The zero-order valence-corrected chi connectivity index (χ0v) is 47.0. The van der Waals surface area contributed by atoms with Gasteiger partial charge in [0.05, 0.1) is 25.4 Å². The lowest BCUT2D eigenvalue weighted by molar-refractivity contribution is -0.143. The molecule has 0 aromatic rings. The summed E-state index contributed by atoms with van der Waals surface area (Å²) in [5, 5.41) is 23.1. The number of aliphatic hydroxyl groups is 2. The molecule has 412 valence electrons. The Kier molecular flexibility index (Phi) is 58.0. The third-order valence-corrected chi connectivity index (χ3v) is 14.4. The van der Waals surface area contributed by atoms with E-state index in [1.165, 1.54) is 257 Å². The molecule has 3 N–H and O–H groups in total. The van der Waals surface area contributed by atoms with Crippen molar-refractivity contribution in [3.05, 3.63) is 36.5 Å². The second-order valence-corrected chi connectivity index (χ2v) is 21.4. The van der Waals surface area contributed by atoms with Crippen molar-refractivity contribution in [2.75, 3.05) is 13.2 Å². The molecule has 6 heteroatoms. The first-order chi connectivity index (χ1) is 34.5. The highest BCUT2D eigenvalue weighted by Crippen LogP contribution is 2.17. The molecule has 0 aliphatic carbocycles. The number of amides is 1. The van der Waals surface area contributed by atoms with Crippen molar-refractivity contribution in [2.24, 2.45) is 0 Å². The molecule has 1 amide bonds. The van der Waals surface area contributed by atoms with Gasteiger partial charge in [-0.2, -0.15) is 0 Å². The molecule has 0 aliphatic heterocycles. The van der Waals surface area contributed by atoms with E-state index in [2.05, 4.69) is 43.5 Å². The molecule has 2 unspecified atom stereocenters. The van der Waals surface area contributed by atoms with Gasteiger partial charge in [-0.15, -0.1) is 0 Å². The van der Waals surface area contributed by atoms with Crippen molar-refractivity contribution in [3.63, 3.8) is 0 Å². The number of hydrogen-bond donors (Lipinski definition) is 3. The lowest BCUT2D eigenvalue weighted by Gasteiger charge is -2.20. The molecule has 0 aliphatic rings. The van der Waals surface area contributed by atoms with Crippen LogP contribution in [-0.2, 0) is 14.3 Å². The average Bonchev–Trinajstić information content (AvgIpc) is 3.36. The van der Waals surface area contributed by atoms with Crippen molar-refractivity contribution in [2.45, 2.75) is 347 Å². The minimum Gasteiger partial charge on any atom is -0.466 e. The minimum absolute atomic E-state index is 0.00761. The molecule has 0 bridgehead atoms. The molecule has 6 nitrogen and oxygen atoms in total. The Bertz CT molecular complexity index is 1130. The largest absolute Gasteiger partial charge is 0.466 e. The van der Waals surface area contributed by atoms with E-state index in [1.54, 1.807) is 6.08 Å².